The fraction of sp³-hybridized carbons (Fsp3) is 0.278. The summed E-state index contributed by atoms with van der Waals surface area (Å²) in [5.74, 6) is -0.562. The maximum absolute atomic E-state index is 12.4. The molecule has 134 valence electrons. The molecule has 4 nitrogen and oxygen atoms in total. The lowest BCUT2D eigenvalue weighted by atomic mass is 10.1. The van der Waals surface area contributed by atoms with E-state index < -0.39 is 5.97 Å². The van der Waals surface area contributed by atoms with Crippen LogP contribution in [0.15, 0.2) is 42.7 Å². The highest BCUT2D eigenvalue weighted by molar-refractivity contribution is 6.36. The molecule has 0 saturated heterocycles. The fourth-order valence-electron chi connectivity index (χ4n) is 2.10. The Kier molecular flexibility index (Phi) is 9.11. The van der Waals surface area contributed by atoms with Gasteiger partial charge < -0.3 is 21.7 Å². The highest BCUT2D eigenvalue weighted by Gasteiger charge is 2.18. The molecule has 0 bridgehead atoms. The van der Waals surface area contributed by atoms with E-state index in [9.17, 15) is 9.59 Å². The maximum Gasteiger partial charge on any atom is 0.344 e. The van der Waals surface area contributed by atoms with Crippen molar-refractivity contribution in [2.75, 3.05) is 6.61 Å². The van der Waals surface area contributed by atoms with Gasteiger partial charge in [-0.25, -0.2) is 4.79 Å². The predicted molar refractivity (Wildman–Crippen MR) is 92.6 cm³/mol. The van der Waals surface area contributed by atoms with Crippen LogP contribution in [0.2, 0.25) is 10.0 Å². The van der Waals surface area contributed by atoms with E-state index in [0.29, 0.717) is 27.8 Å². The van der Waals surface area contributed by atoms with Crippen LogP contribution in [-0.4, -0.2) is 18.4 Å². The monoisotopic (exact) mass is 445 g/mol. The van der Waals surface area contributed by atoms with E-state index >= 15 is 0 Å². The Bertz CT molecular complexity index is 753. The maximum atomic E-state index is 12.4. The molecule has 0 aliphatic rings. The fourth-order valence-corrected chi connectivity index (χ4v) is 2.61. The van der Waals surface area contributed by atoms with E-state index in [1.807, 2.05) is 6.92 Å². The third kappa shape index (κ3) is 6.42. The third-order valence-corrected chi connectivity index (χ3v) is 3.93. The molecule has 0 aliphatic carbocycles. The summed E-state index contributed by atoms with van der Waals surface area (Å²) < 4.78 is 6.80. The number of pyridine rings is 1. The minimum absolute atomic E-state index is 0. The van der Waals surface area contributed by atoms with Crippen molar-refractivity contribution in [3.63, 3.8) is 0 Å². The van der Waals surface area contributed by atoms with Crippen LogP contribution in [0.5, 0.6) is 0 Å². The number of aromatic nitrogens is 1. The molecule has 0 fully saturated rings. The van der Waals surface area contributed by atoms with Crippen LogP contribution >= 0.6 is 23.2 Å². The Morgan fingerprint density at radius 1 is 1.20 bits per heavy atom. The zero-order valence-corrected chi connectivity index (χ0v) is 16.8. The molecule has 0 N–H and O–H groups in total. The van der Waals surface area contributed by atoms with Crippen LogP contribution in [-0.2, 0) is 11.3 Å². The molecule has 0 unspecified atom stereocenters. The second-order valence-electron chi connectivity index (χ2n) is 5.30. The average molecular weight is 447 g/mol. The van der Waals surface area contributed by atoms with Crippen molar-refractivity contribution < 1.29 is 35.9 Å². The second kappa shape index (κ2) is 10.5. The number of rotatable bonds is 7. The Balaban J connectivity index is 0.00000312. The van der Waals surface area contributed by atoms with Crippen molar-refractivity contribution in [1.82, 2.24) is 0 Å². The molecule has 0 spiro atoms. The molecule has 25 heavy (non-hydrogen) atoms. The lowest BCUT2D eigenvalue weighted by molar-refractivity contribution is -0.683. The zero-order valence-electron chi connectivity index (χ0n) is 13.7. The van der Waals surface area contributed by atoms with Crippen molar-refractivity contribution in [3.8, 4) is 0 Å². The van der Waals surface area contributed by atoms with Gasteiger partial charge in [0.1, 0.15) is 5.56 Å². The van der Waals surface area contributed by atoms with Gasteiger partial charge >= 0.3 is 5.97 Å². The molecule has 0 aliphatic heterocycles. The van der Waals surface area contributed by atoms with Crippen molar-refractivity contribution in [1.29, 1.82) is 0 Å². The quantitative estimate of drug-likeness (QED) is 0.277. The van der Waals surface area contributed by atoms with Crippen LogP contribution < -0.4 is 21.5 Å². The lowest BCUT2D eigenvalue weighted by Gasteiger charge is -2.04. The molecule has 0 saturated carbocycles. The molecule has 1 heterocycles. The van der Waals surface area contributed by atoms with Gasteiger partial charge in [0.05, 0.1) is 11.6 Å². The van der Waals surface area contributed by atoms with Gasteiger partial charge in [-0.3, -0.25) is 4.79 Å². The number of hydrogen-bond donors (Lipinski definition) is 0. The van der Waals surface area contributed by atoms with E-state index in [1.165, 1.54) is 6.07 Å². The SMILES string of the molecule is CCCCOC(=O)c1ccc[n+](CC(=O)c2ccc(Cl)cc2Cl)c1.[Br-]. The molecule has 0 atom stereocenters. The second-order valence-corrected chi connectivity index (χ2v) is 6.15. The van der Waals surface area contributed by atoms with Crippen LogP contribution in [0, 0.1) is 0 Å². The molecule has 0 radical (unpaired) electrons. The molecule has 7 heteroatoms. The van der Waals surface area contributed by atoms with E-state index in [4.69, 9.17) is 27.9 Å². The first-order chi connectivity index (χ1) is 11.5. The van der Waals surface area contributed by atoms with Gasteiger partial charge in [0, 0.05) is 16.7 Å². The number of carbonyl (C=O) groups is 2. The normalized spacial score (nSPS) is 10.0. The third-order valence-electron chi connectivity index (χ3n) is 3.38. The van der Waals surface area contributed by atoms with Gasteiger partial charge in [-0.15, -0.1) is 0 Å². The van der Waals surface area contributed by atoms with E-state index in [2.05, 4.69) is 0 Å². The van der Waals surface area contributed by atoms with Crippen molar-refractivity contribution in [3.05, 3.63) is 63.9 Å². The number of unbranched alkanes of at least 4 members (excludes halogenated alkanes) is 1. The molecule has 1 aromatic carbocycles. The van der Waals surface area contributed by atoms with E-state index in [-0.39, 0.29) is 29.3 Å². The molecule has 2 rings (SSSR count). The summed E-state index contributed by atoms with van der Waals surface area (Å²) in [5.41, 5.74) is 0.799. The summed E-state index contributed by atoms with van der Waals surface area (Å²) in [6.45, 7) is 2.48. The number of carbonyl (C=O) groups excluding carboxylic acids is 2. The summed E-state index contributed by atoms with van der Waals surface area (Å²) in [5, 5.41) is 0.782. The average Bonchev–Trinajstić information content (AvgIpc) is 2.55. The first-order valence-electron chi connectivity index (χ1n) is 7.65. The number of esters is 1. The summed E-state index contributed by atoms with van der Waals surface area (Å²) in [7, 11) is 0. The first-order valence-corrected chi connectivity index (χ1v) is 8.41. The summed E-state index contributed by atoms with van der Waals surface area (Å²) in [6.07, 6.45) is 5.09. The first kappa shape index (κ1) is 21.6. The van der Waals surface area contributed by atoms with Gasteiger partial charge in [-0.1, -0.05) is 36.5 Å². The molecular weight excluding hydrogens is 429 g/mol. The standard InChI is InChI=1S/C18H18Cl2NO3.BrH/c1-2-3-9-24-18(23)13-5-4-8-21(11-13)12-17(22)15-7-6-14(19)10-16(15)20;/h4-8,10-11H,2-3,9,12H2,1H3;1H/q+1;/p-1. The Morgan fingerprint density at radius 3 is 2.64 bits per heavy atom. The smallest absolute Gasteiger partial charge is 0.344 e. The topological polar surface area (TPSA) is 47.2 Å². The Morgan fingerprint density at radius 2 is 1.96 bits per heavy atom. The highest BCUT2D eigenvalue weighted by Crippen LogP contribution is 2.21. The molecule has 0 amide bonds. The number of halogens is 3. The largest absolute Gasteiger partial charge is 1.00 e. The van der Waals surface area contributed by atoms with Crippen LogP contribution in [0.25, 0.3) is 0 Å². The lowest BCUT2D eigenvalue weighted by Crippen LogP contribution is -3.00. The molecular formula is C18H18BrCl2NO3. The number of nitrogens with zero attached hydrogens (tertiary/aromatic N) is 1. The van der Waals surface area contributed by atoms with Gasteiger partial charge in [0.15, 0.2) is 12.4 Å². The van der Waals surface area contributed by atoms with Crippen LogP contribution in [0.4, 0.5) is 0 Å². The number of hydrogen-bond acceptors (Lipinski definition) is 3. The van der Waals surface area contributed by atoms with Gasteiger partial charge in [-0.2, -0.15) is 4.57 Å². The number of ketones is 1. The van der Waals surface area contributed by atoms with Crippen molar-refractivity contribution in [2.45, 2.75) is 26.3 Å². The summed E-state index contributed by atoms with van der Waals surface area (Å²) in [6, 6.07) is 8.10. The molecule has 1 aromatic heterocycles. The Labute approximate surface area is 167 Å². The summed E-state index contributed by atoms with van der Waals surface area (Å²) >= 11 is 11.9. The summed E-state index contributed by atoms with van der Waals surface area (Å²) in [4.78, 5) is 24.3. The van der Waals surface area contributed by atoms with Crippen molar-refractivity contribution in [2.24, 2.45) is 0 Å². The number of benzene rings is 1. The van der Waals surface area contributed by atoms with Crippen molar-refractivity contribution >= 4 is 35.0 Å². The van der Waals surface area contributed by atoms with Gasteiger partial charge in [0.25, 0.3) is 0 Å². The van der Waals surface area contributed by atoms with Crippen LogP contribution in [0.3, 0.4) is 0 Å². The van der Waals surface area contributed by atoms with Gasteiger partial charge in [0.2, 0.25) is 12.3 Å². The highest BCUT2D eigenvalue weighted by atomic mass is 79.9. The minimum Gasteiger partial charge on any atom is -1.00 e. The number of ether oxygens (including phenoxy) is 1. The predicted octanol–water partition coefficient (Wildman–Crippen LogP) is 1.12. The molecule has 2 aromatic rings. The van der Waals surface area contributed by atoms with E-state index in [1.54, 1.807) is 41.2 Å². The minimum atomic E-state index is -0.394. The Hall–Kier alpha value is -1.43. The zero-order chi connectivity index (χ0) is 17.5. The number of Topliss-reactive ketones (excluding diaryl/α,β-unsaturated/α-hetero) is 1. The van der Waals surface area contributed by atoms with E-state index in [0.717, 1.165) is 12.8 Å². The van der Waals surface area contributed by atoms with Crippen LogP contribution in [0.1, 0.15) is 40.5 Å². The van der Waals surface area contributed by atoms with Gasteiger partial charge in [-0.05, 0) is 30.7 Å².